The number of rotatable bonds is 12. The third-order valence-electron chi connectivity index (χ3n) is 7.87. The van der Waals surface area contributed by atoms with E-state index >= 15 is 0 Å². The van der Waals surface area contributed by atoms with Gasteiger partial charge in [-0.1, -0.05) is 13.8 Å². The van der Waals surface area contributed by atoms with Crippen LogP contribution in [0.15, 0.2) is 0 Å². The normalized spacial score (nSPS) is 20.7. The Morgan fingerprint density at radius 2 is 1.35 bits per heavy atom. The Morgan fingerprint density at radius 3 is 1.94 bits per heavy atom. The summed E-state index contributed by atoms with van der Waals surface area (Å²) in [7, 11) is 0. The molecule has 31 heavy (non-hydrogen) atoms. The van der Waals surface area contributed by atoms with Crippen molar-refractivity contribution in [3.63, 3.8) is 0 Å². The van der Waals surface area contributed by atoms with Gasteiger partial charge in [0.15, 0.2) is 0 Å². The predicted octanol–water partition coefficient (Wildman–Crippen LogP) is 8.21. The van der Waals surface area contributed by atoms with E-state index < -0.39 is 0 Å². The van der Waals surface area contributed by atoms with E-state index in [9.17, 15) is 5.11 Å². The van der Waals surface area contributed by atoms with Gasteiger partial charge in [-0.05, 0) is 5.92 Å². The average molecular weight is 494 g/mol. The van der Waals surface area contributed by atoms with Gasteiger partial charge in [0.1, 0.15) is 0 Å². The Morgan fingerprint density at radius 1 is 0.806 bits per heavy atom. The van der Waals surface area contributed by atoms with Crippen molar-refractivity contribution in [3.8, 4) is 5.75 Å². The number of benzene rings is 1. The van der Waals surface area contributed by atoms with Gasteiger partial charge in [-0.15, -0.1) is 0 Å². The van der Waals surface area contributed by atoms with E-state index in [0.29, 0.717) is 25.0 Å². The van der Waals surface area contributed by atoms with Crippen molar-refractivity contribution in [2.75, 3.05) is 0 Å². The quantitative estimate of drug-likeness (QED) is 0.291. The summed E-state index contributed by atoms with van der Waals surface area (Å²) in [6, 6.07) is 0. The Hall–Kier alpha value is -0.461. The minimum absolute atomic E-state index is 0.491. The van der Waals surface area contributed by atoms with E-state index in [-0.39, 0.29) is 0 Å². The Balaban J connectivity index is 1.74. The van der Waals surface area contributed by atoms with Crippen molar-refractivity contribution in [2.45, 2.75) is 130 Å². The Kier molecular flexibility index (Phi) is 10.5. The molecule has 1 aromatic carbocycles. The molecule has 0 amide bonds. The second-order valence-corrected chi connectivity index (χ2v) is 14.8. The molecule has 1 nitrogen and oxygen atoms in total. The molecule has 1 aliphatic rings. The van der Waals surface area contributed by atoms with Crippen LogP contribution in [0.3, 0.4) is 0 Å². The summed E-state index contributed by atoms with van der Waals surface area (Å²) in [5.41, 5.74) is 5.08. The standard InChI is InChI=1S/C29H50OSe/c1-20(2)12-9-13-21(3)14-10-15-22(4)16-11-18-29(8)19-17-26-25(7)27(30)23(5)24(6)28(26)31-29/h20-22,30H,9-19H2,1-8H3/t21-,22-,29-/m0/s1. The van der Waals surface area contributed by atoms with Crippen molar-refractivity contribution in [2.24, 2.45) is 17.8 Å². The molecule has 0 aromatic heterocycles. The van der Waals surface area contributed by atoms with Crippen LogP contribution < -0.4 is 4.46 Å². The molecule has 3 atom stereocenters. The van der Waals surface area contributed by atoms with Gasteiger partial charge in [0.2, 0.25) is 0 Å². The van der Waals surface area contributed by atoms with Crippen LogP contribution in [0.25, 0.3) is 0 Å². The van der Waals surface area contributed by atoms with E-state index in [1.54, 1.807) is 4.46 Å². The van der Waals surface area contributed by atoms with Crippen molar-refractivity contribution in [1.29, 1.82) is 0 Å². The molecule has 0 bridgehead atoms. The van der Waals surface area contributed by atoms with Crippen LogP contribution in [0, 0.1) is 38.5 Å². The zero-order valence-electron chi connectivity index (χ0n) is 21.9. The molecular formula is C29H50OSe. The zero-order chi connectivity index (χ0) is 23.2. The number of fused-ring (bicyclic) bond motifs is 1. The number of phenols is 1. The van der Waals surface area contributed by atoms with Crippen LogP contribution in [-0.4, -0.2) is 20.1 Å². The van der Waals surface area contributed by atoms with Crippen molar-refractivity contribution < 1.29 is 5.11 Å². The molecule has 0 aliphatic carbocycles. The Bertz CT molecular complexity index is 707. The molecule has 1 aromatic rings. The van der Waals surface area contributed by atoms with E-state index in [1.165, 1.54) is 75.3 Å². The maximum atomic E-state index is 10.5. The molecule has 0 saturated heterocycles. The molecule has 0 saturated carbocycles. The van der Waals surface area contributed by atoms with Gasteiger partial charge in [0.05, 0.1) is 0 Å². The van der Waals surface area contributed by atoms with Gasteiger partial charge in [0.25, 0.3) is 0 Å². The van der Waals surface area contributed by atoms with E-state index in [2.05, 4.69) is 55.4 Å². The molecule has 0 spiro atoms. The molecule has 0 radical (unpaired) electrons. The third kappa shape index (κ3) is 7.82. The summed E-state index contributed by atoms with van der Waals surface area (Å²) in [6.45, 7) is 18.6. The Labute approximate surface area is 200 Å². The van der Waals surface area contributed by atoms with E-state index in [0.717, 1.165) is 35.3 Å². The molecule has 0 unspecified atom stereocenters. The number of hydrogen-bond donors (Lipinski definition) is 1. The van der Waals surface area contributed by atoms with Gasteiger partial charge in [-0.3, -0.25) is 0 Å². The molecule has 0 fully saturated rings. The average Bonchev–Trinajstić information content (AvgIpc) is 2.70. The van der Waals surface area contributed by atoms with Gasteiger partial charge >= 0.3 is 181 Å². The van der Waals surface area contributed by atoms with Gasteiger partial charge in [0, 0.05) is 0 Å². The number of phenolic OH excluding ortho intramolecular Hbond substituents is 1. The second-order valence-electron chi connectivity index (χ2n) is 11.4. The van der Waals surface area contributed by atoms with Crippen LogP contribution in [0.5, 0.6) is 5.75 Å². The van der Waals surface area contributed by atoms with Crippen LogP contribution >= 0.6 is 0 Å². The zero-order valence-corrected chi connectivity index (χ0v) is 23.6. The van der Waals surface area contributed by atoms with E-state index in [1.807, 2.05) is 0 Å². The first-order chi connectivity index (χ1) is 14.5. The molecule has 2 rings (SSSR count). The minimum atomic E-state index is 0.491. The predicted molar refractivity (Wildman–Crippen MR) is 139 cm³/mol. The van der Waals surface area contributed by atoms with Crippen molar-refractivity contribution in [3.05, 3.63) is 22.3 Å². The van der Waals surface area contributed by atoms with Crippen LogP contribution in [0.1, 0.15) is 121 Å². The monoisotopic (exact) mass is 494 g/mol. The number of hydrogen-bond acceptors (Lipinski definition) is 1. The summed E-state index contributed by atoms with van der Waals surface area (Å²) in [5, 5.41) is 10.5. The van der Waals surface area contributed by atoms with Crippen LogP contribution in [0.4, 0.5) is 0 Å². The fraction of sp³-hybridized carbons (Fsp3) is 0.793. The molecule has 1 N–H and O–H groups in total. The summed E-state index contributed by atoms with van der Waals surface area (Å²) in [5.74, 6) is 3.18. The molecule has 178 valence electrons. The van der Waals surface area contributed by atoms with Gasteiger partial charge < -0.3 is 0 Å². The summed E-state index contributed by atoms with van der Waals surface area (Å²) in [4.78, 5) is 0. The first kappa shape index (κ1) is 26.8. The number of aromatic hydroxyl groups is 1. The second kappa shape index (κ2) is 12.1. The van der Waals surface area contributed by atoms with Crippen LogP contribution in [-0.2, 0) is 6.42 Å². The first-order valence-electron chi connectivity index (χ1n) is 13.0. The fourth-order valence-electron chi connectivity index (χ4n) is 5.27. The molecular weight excluding hydrogens is 443 g/mol. The van der Waals surface area contributed by atoms with Gasteiger partial charge in [-0.2, -0.15) is 0 Å². The SMILES string of the molecule is Cc1c(C)c2c(c(C)c1O)CC[C@](C)(CCC[C@@H](C)CCC[C@@H](C)CCCC(C)C)[Se]2. The van der Waals surface area contributed by atoms with Gasteiger partial charge in [-0.25, -0.2) is 0 Å². The molecule has 1 aliphatic heterocycles. The maximum absolute atomic E-state index is 10.5. The summed E-state index contributed by atoms with van der Waals surface area (Å²) in [6.07, 6.45) is 15.1. The third-order valence-corrected chi connectivity index (χ3v) is 11.3. The van der Waals surface area contributed by atoms with E-state index in [4.69, 9.17) is 0 Å². The van der Waals surface area contributed by atoms with Crippen molar-refractivity contribution >= 4 is 19.4 Å². The van der Waals surface area contributed by atoms with Crippen molar-refractivity contribution in [1.82, 2.24) is 0 Å². The molecule has 2 heteroatoms. The topological polar surface area (TPSA) is 20.2 Å². The van der Waals surface area contributed by atoms with Crippen LogP contribution in [0.2, 0.25) is 4.31 Å². The fourth-order valence-corrected chi connectivity index (χ4v) is 8.69. The summed E-state index contributed by atoms with van der Waals surface area (Å²) >= 11 is 0.516. The first-order valence-corrected chi connectivity index (χ1v) is 14.8. The molecule has 1 heterocycles. The summed E-state index contributed by atoms with van der Waals surface area (Å²) < 4.78 is 2.10.